The van der Waals surface area contributed by atoms with Gasteiger partial charge in [0.15, 0.2) is 0 Å². The van der Waals surface area contributed by atoms with Gasteiger partial charge in [0.2, 0.25) is 0 Å². The smallest absolute Gasteiger partial charge is 0.00978 e. The van der Waals surface area contributed by atoms with Crippen LogP contribution >= 0.6 is 0 Å². The van der Waals surface area contributed by atoms with Crippen LogP contribution in [0.3, 0.4) is 0 Å². The monoisotopic (exact) mass is 173 g/mol. The fraction of sp³-hybridized carbons (Fsp3) is 0.385. The van der Waals surface area contributed by atoms with Gasteiger partial charge in [-0.2, -0.15) is 0 Å². The summed E-state index contributed by atoms with van der Waals surface area (Å²) in [4.78, 5) is 0. The molecule has 0 bridgehead atoms. The Balaban J connectivity index is 2.38. The van der Waals surface area contributed by atoms with E-state index in [1.165, 1.54) is 19.3 Å². The van der Waals surface area contributed by atoms with Gasteiger partial charge in [-0.05, 0) is 38.2 Å². The molecule has 0 atom stereocenters. The Morgan fingerprint density at radius 1 is 0.846 bits per heavy atom. The van der Waals surface area contributed by atoms with Crippen LogP contribution in [0.25, 0.3) is 0 Å². The topological polar surface area (TPSA) is 0 Å². The minimum atomic E-state index is 0.960. The molecule has 0 nitrogen and oxygen atoms in total. The maximum atomic E-state index is 3.24. The van der Waals surface area contributed by atoms with Crippen molar-refractivity contribution in [3.05, 3.63) is 48.6 Å². The van der Waals surface area contributed by atoms with Gasteiger partial charge in [0.05, 0.1) is 0 Å². The molecule has 1 rings (SSSR count). The first-order valence-electron chi connectivity index (χ1n) is 5.02. The van der Waals surface area contributed by atoms with Crippen LogP contribution in [0.2, 0.25) is 0 Å². The van der Waals surface area contributed by atoms with Crippen LogP contribution in [0.5, 0.6) is 0 Å². The number of hydrogen-bond donors (Lipinski definition) is 0. The molecule has 0 saturated heterocycles. The minimum absolute atomic E-state index is 0.960. The second-order valence-electron chi connectivity index (χ2n) is 3.11. The summed E-state index contributed by atoms with van der Waals surface area (Å²) in [6, 6.07) is 0. The zero-order chi connectivity index (χ0) is 9.19. The summed E-state index contributed by atoms with van der Waals surface area (Å²) in [6.07, 6.45) is 24.0. The van der Waals surface area contributed by atoms with Crippen molar-refractivity contribution in [2.75, 3.05) is 0 Å². The van der Waals surface area contributed by atoms with Crippen LogP contribution in [0.1, 0.15) is 32.1 Å². The largest absolute Gasteiger partial charge is 0.0882 e. The first kappa shape index (κ1) is 10.0. The van der Waals surface area contributed by atoms with Crippen LogP contribution < -0.4 is 0 Å². The molecule has 0 unspecified atom stereocenters. The second-order valence-corrected chi connectivity index (χ2v) is 3.11. The van der Waals surface area contributed by atoms with Gasteiger partial charge >= 0.3 is 0 Å². The lowest BCUT2D eigenvalue weighted by Crippen LogP contribution is -1.68. The average molecular weight is 173 g/mol. The van der Waals surface area contributed by atoms with E-state index in [9.17, 15) is 0 Å². The van der Waals surface area contributed by atoms with Gasteiger partial charge in [-0.1, -0.05) is 42.5 Å². The zero-order valence-electron chi connectivity index (χ0n) is 8.08. The van der Waals surface area contributed by atoms with Gasteiger partial charge in [0, 0.05) is 0 Å². The van der Waals surface area contributed by atoms with E-state index in [-0.39, 0.29) is 0 Å². The molecule has 0 saturated carbocycles. The van der Waals surface area contributed by atoms with E-state index in [4.69, 9.17) is 0 Å². The van der Waals surface area contributed by atoms with Crippen molar-refractivity contribution in [2.45, 2.75) is 32.1 Å². The molecule has 1 aliphatic rings. The van der Waals surface area contributed by atoms with Gasteiger partial charge in [-0.25, -0.2) is 0 Å². The maximum Gasteiger partial charge on any atom is -0.00978 e. The Morgan fingerprint density at radius 2 is 1.69 bits per heavy atom. The maximum absolute atomic E-state index is 3.24. The van der Waals surface area contributed by atoms with Crippen molar-refractivity contribution in [1.29, 1.82) is 0 Å². The lowest BCUT2D eigenvalue weighted by molar-refractivity contribution is 0.866. The quantitative estimate of drug-likeness (QED) is 0.486. The van der Waals surface area contributed by atoms with Crippen LogP contribution in [-0.2, 0) is 0 Å². The van der Waals surface area contributed by atoms with Crippen LogP contribution in [0.4, 0.5) is 0 Å². The normalized spacial score (nSPS) is 19.1. The van der Waals surface area contributed by atoms with Gasteiger partial charge in [0.25, 0.3) is 0 Å². The zero-order valence-corrected chi connectivity index (χ0v) is 8.08. The van der Waals surface area contributed by atoms with Gasteiger partial charge in [-0.3, -0.25) is 0 Å². The van der Waals surface area contributed by atoms with Crippen molar-refractivity contribution < 1.29 is 0 Å². The number of rotatable bonds is 0. The SMILES string of the molecule is [C]1=CCC=CC=CCCCC=CC1. The number of hydrogen-bond acceptors (Lipinski definition) is 0. The third-order valence-corrected chi connectivity index (χ3v) is 1.93. The van der Waals surface area contributed by atoms with Crippen LogP contribution in [-0.4, -0.2) is 0 Å². The Labute approximate surface area is 81.4 Å². The van der Waals surface area contributed by atoms with Crippen molar-refractivity contribution in [3.8, 4) is 0 Å². The molecule has 0 amide bonds. The molecule has 1 aliphatic carbocycles. The van der Waals surface area contributed by atoms with E-state index >= 15 is 0 Å². The first-order valence-corrected chi connectivity index (χ1v) is 5.02. The van der Waals surface area contributed by atoms with Crippen molar-refractivity contribution in [1.82, 2.24) is 0 Å². The van der Waals surface area contributed by atoms with Gasteiger partial charge < -0.3 is 0 Å². The van der Waals surface area contributed by atoms with E-state index in [0.29, 0.717) is 0 Å². The molecule has 0 aromatic rings. The summed E-state index contributed by atoms with van der Waals surface area (Å²) in [5, 5.41) is 0. The van der Waals surface area contributed by atoms with E-state index in [1.807, 2.05) is 0 Å². The van der Waals surface area contributed by atoms with Gasteiger partial charge in [-0.15, -0.1) is 0 Å². The molecule has 69 valence electrons. The van der Waals surface area contributed by atoms with E-state index in [2.05, 4.69) is 48.6 Å². The molecule has 0 aliphatic heterocycles. The summed E-state index contributed by atoms with van der Waals surface area (Å²) in [5.41, 5.74) is 0. The standard InChI is InChI=1S/C13H17/c1-2-4-6-8-10-12-13-11-9-7-5-3-1/h1-4,7,12-13H,5-6,8,10-11H2. The van der Waals surface area contributed by atoms with E-state index in [1.54, 1.807) is 0 Å². The second kappa shape index (κ2) is 7.60. The number of allylic oxidation sites excluding steroid dienone is 8. The molecular weight excluding hydrogens is 156 g/mol. The Morgan fingerprint density at radius 3 is 2.69 bits per heavy atom. The molecule has 0 aromatic carbocycles. The Hall–Kier alpha value is -1.04. The third kappa shape index (κ3) is 6.15. The van der Waals surface area contributed by atoms with Gasteiger partial charge in [0.1, 0.15) is 0 Å². The predicted molar refractivity (Wildman–Crippen MR) is 58.3 cm³/mol. The highest BCUT2D eigenvalue weighted by Crippen LogP contribution is 2.00. The highest BCUT2D eigenvalue weighted by atomic mass is 13.9. The fourth-order valence-electron chi connectivity index (χ4n) is 1.19. The average Bonchev–Trinajstić information content (AvgIpc) is 2.18. The Bertz CT molecular complexity index is 216. The van der Waals surface area contributed by atoms with Crippen LogP contribution in [0.15, 0.2) is 42.5 Å². The van der Waals surface area contributed by atoms with Crippen molar-refractivity contribution in [3.63, 3.8) is 0 Å². The first-order chi connectivity index (χ1) is 6.50. The molecule has 0 fully saturated rings. The molecule has 0 heterocycles. The highest BCUT2D eigenvalue weighted by molar-refractivity contribution is 5.05. The van der Waals surface area contributed by atoms with E-state index in [0.717, 1.165) is 12.8 Å². The van der Waals surface area contributed by atoms with Crippen LogP contribution in [0, 0.1) is 6.08 Å². The minimum Gasteiger partial charge on any atom is -0.0882 e. The highest BCUT2D eigenvalue weighted by Gasteiger charge is 1.80. The summed E-state index contributed by atoms with van der Waals surface area (Å²) >= 11 is 0. The van der Waals surface area contributed by atoms with E-state index < -0.39 is 0 Å². The lowest BCUT2D eigenvalue weighted by atomic mass is 10.2. The molecule has 0 aromatic heterocycles. The third-order valence-electron chi connectivity index (χ3n) is 1.93. The lowest BCUT2D eigenvalue weighted by Gasteiger charge is -1.88. The summed E-state index contributed by atoms with van der Waals surface area (Å²) in [6.45, 7) is 0. The molecular formula is C13H17. The summed E-state index contributed by atoms with van der Waals surface area (Å²) in [7, 11) is 0. The summed E-state index contributed by atoms with van der Waals surface area (Å²) in [5.74, 6) is 0. The molecule has 0 heteroatoms. The van der Waals surface area contributed by atoms with Crippen molar-refractivity contribution >= 4 is 0 Å². The fourth-order valence-corrected chi connectivity index (χ4v) is 1.19. The molecule has 1 radical (unpaired) electrons. The molecule has 0 spiro atoms. The molecule has 0 N–H and O–H groups in total. The Kier molecular flexibility index (Phi) is 5.87. The summed E-state index contributed by atoms with van der Waals surface area (Å²) < 4.78 is 0. The van der Waals surface area contributed by atoms with Crippen molar-refractivity contribution in [2.24, 2.45) is 0 Å². The molecule has 13 heavy (non-hydrogen) atoms. The predicted octanol–water partition coefficient (Wildman–Crippen LogP) is 3.98.